The van der Waals surface area contributed by atoms with Crippen LogP contribution < -0.4 is 0 Å². The van der Waals surface area contributed by atoms with Gasteiger partial charge >= 0.3 is 0 Å². The van der Waals surface area contributed by atoms with Crippen LogP contribution in [-0.2, 0) is 0 Å². The van der Waals surface area contributed by atoms with Crippen molar-refractivity contribution in [3.8, 4) is 28.7 Å². The van der Waals surface area contributed by atoms with Crippen molar-refractivity contribution in [2.45, 2.75) is 12.8 Å². The lowest BCUT2D eigenvalue weighted by atomic mass is 10.0. The molecule has 0 amide bonds. The molecule has 7 nitrogen and oxygen atoms in total. The average molecular weight is 518 g/mol. The van der Waals surface area contributed by atoms with Crippen LogP contribution in [0.15, 0.2) is 115 Å². The van der Waals surface area contributed by atoms with Crippen molar-refractivity contribution in [3.63, 3.8) is 0 Å². The fourth-order valence-corrected chi connectivity index (χ4v) is 5.33. The monoisotopic (exact) mass is 517 g/mol. The van der Waals surface area contributed by atoms with Crippen LogP contribution in [0.4, 0.5) is 0 Å². The van der Waals surface area contributed by atoms with Crippen molar-refractivity contribution in [2.75, 3.05) is 0 Å². The van der Waals surface area contributed by atoms with Gasteiger partial charge in [0.1, 0.15) is 17.0 Å². The predicted octanol–water partition coefficient (Wildman–Crippen LogP) is 7.08. The van der Waals surface area contributed by atoms with E-state index in [-0.39, 0.29) is 0 Å². The quantitative estimate of drug-likeness (QED) is 0.249. The van der Waals surface area contributed by atoms with Crippen LogP contribution in [0.25, 0.3) is 62.0 Å². The lowest BCUT2D eigenvalue weighted by molar-refractivity contribution is 0.897. The van der Waals surface area contributed by atoms with Crippen LogP contribution in [0.1, 0.15) is 18.7 Å². The summed E-state index contributed by atoms with van der Waals surface area (Å²) in [7, 11) is 0. The van der Waals surface area contributed by atoms with Crippen LogP contribution in [0.5, 0.6) is 0 Å². The lowest BCUT2D eigenvalue weighted by Crippen LogP contribution is -2.09. The first-order valence-corrected chi connectivity index (χ1v) is 13.3. The Bertz CT molecular complexity index is 2100. The van der Waals surface area contributed by atoms with Crippen LogP contribution >= 0.6 is 0 Å². The standard InChI is InChI=1S/C33H23N7/c1-4-12-22(13-5-1)30-36-31(23-14-6-2-7-15-23)38-33(37-30)40-28-20-29-34-25-18-10-11-19-27(25)39(29)21-26(28)35-32(40)24-16-8-3-9-17-24/h1-6,8-14,16-21H,7,15H2. The fraction of sp³-hybridized carbons (Fsp3) is 0.0606. The van der Waals surface area contributed by atoms with Crippen LogP contribution in [0, 0.1) is 0 Å². The number of nitrogens with zero attached hydrogens (tertiary/aromatic N) is 7. The van der Waals surface area contributed by atoms with Gasteiger partial charge in [0, 0.05) is 23.4 Å². The normalized spacial score (nSPS) is 13.3. The minimum Gasteiger partial charge on any atom is -0.297 e. The largest absolute Gasteiger partial charge is 0.297 e. The van der Waals surface area contributed by atoms with E-state index in [1.165, 1.54) is 0 Å². The molecule has 0 unspecified atom stereocenters. The third-order valence-electron chi connectivity index (χ3n) is 7.27. The number of imidazole rings is 2. The predicted molar refractivity (Wildman–Crippen MR) is 158 cm³/mol. The van der Waals surface area contributed by atoms with Crippen LogP contribution in [0.3, 0.4) is 0 Å². The highest BCUT2D eigenvalue weighted by Gasteiger charge is 2.21. The molecule has 40 heavy (non-hydrogen) atoms. The maximum absolute atomic E-state index is 5.13. The van der Waals surface area contributed by atoms with E-state index in [2.05, 4.69) is 53.1 Å². The molecule has 0 saturated heterocycles. The summed E-state index contributed by atoms with van der Waals surface area (Å²) in [5, 5.41) is 0. The van der Waals surface area contributed by atoms with Crippen molar-refractivity contribution in [1.82, 2.24) is 33.9 Å². The molecule has 0 radical (unpaired) electrons. The zero-order valence-corrected chi connectivity index (χ0v) is 21.5. The summed E-state index contributed by atoms with van der Waals surface area (Å²) in [5.74, 6) is 2.61. The van der Waals surface area contributed by atoms with Crippen molar-refractivity contribution >= 4 is 33.3 Å². The van der Waals surface area contributed by atoms with E-state index in [0.717, 1.165) is 63.1 Å². The first-order valence-electron chi connectivity index (χ1n) is 13.3. The fourth-order valence-electron chi connectivity index (χ4n) is 5.33. The van der Waals surface area contributed by atoms with Crippen molar-refractivity contribution < 1.29 is 0 Å². The molecule has 3 aromatic carbocycles. The Hall–Kier alpha value is -5.43. The Morgan fingerprint density at radius 3 is 2.17 bits per heavy atom. The SMILES string of the molecule is C1=CCCC(c2nc(-c3ccccc3)nc(-n3c(-c4ccccc4)nc4cn5c(cc43)nc3ccccc35)n2)=C1. The minimum atomic E-state index is 0.529. The van der Waals surface area contributed by atoms with Gasteiger partial charge in [-0.25, -0.2) is 15.0 Å². The number of allylic oxidation sites excluding steroid dienone is 4. The molecule has 0 atom stereocenters. The Balaban J connectivity index is 1.45. The smallest absolute Gasteiger partial charge is 0.240 e. The van der Waals surface area contributed by atoms with Gasteiger partial charge in [0.2, 0.25) is 5.95 Å². The maximum Gasteiger partial charge on any atom is 0.240 e. The van der Waals surface area contributed by atoms with Gasteiger partial charge in [-0.2, -0.15) is 9.97 Å². The third-order valence-corrected chi connectivity index (χ3v) is 7.27. The molecule has 190 valence electrons. The summed E-state index contributed by atoms with van der Waals surface area (Å²) in [5.41, 5.74) is 7.55. The molecule has 1 aliphatic rings. The summed E-state index contributed by atoms with van der Waals surface area (Å²) in [6.45, 7) is 0. The van der Waals surface area contributed by atoms with Gasteiger partial charge in [-0.3, -0.25) is 8.97 Å². The summed E-state index contributed by atoms with van der Waals surface area (Å²) < 4.78 is 4.14. The van der Waals surface area contributed by atoms with Gasteiger partial charge in [-0.05, 0) is 30.5 Å². The molecule has 0 spiro atoms. The molecule has 8 rings (SSSR count). The number of para-hydroxylation sites is 2. The molecular formula is C33H23N7. The molecule has 7 heteroatoms. The highest BCUT2D eigenvalue weighted by atomic mass is 15.2. The Kier molecular flexibility index (Phi) is 5.13. The molecule has 0 bridgehead atoms. The topological polar surface area (TPSA) is 73.8 Å². The Morgan fingerprint density at radius 1 is 0.625 bits per heavy atom. The number of rotatable bonds is 4. The van der Waals surface area contributed by atoms with E-state index in [0.29, 0.717) is 17.6 Å². The molecule has 0 aliphatic heterocycles. The van der Waals surface area contributed by atoms with Crippen molar-refractivity contribution in [1.29, 1.82) is 0 Å². The number of hydrogen-bond acceptors (Lipinski definition) is 5. The maximum atomic E-state index is 5.13. The molecule has 4 aromatic heterocycles. The number of benzene rings is 3. The van der Waals surface area contributed by atoms with Gasteiger partial charge < -0.3 is 0 Å². The molecule has 1 aliphatic carbocycles. The summed E-state index contributed by atoms with van der Waals surface area (Å²) in [4.78, 5) is 25.0. The van der Waals surface area contributed by atoms with Crippen LogP contribution in [-0.4, -0.2) is 33.9 Å². The van der Waals surface area contributed by atoms with E-state index in [1.807, 2.05) is 71.3 Å². The highest BCUT2D eigenvalue weighted by molar-refractivity contribution is 5.89. The molecule has 7 aromatic rings. The van der Waals surface area contributed by atoms with Gasteiger partial charge in [-0.15, -0.1) is 0 Å². The molecule has 4 heterocycles. The number of hydrogen-bond donors (Lipinski definition) is 0. The second kappa shape index (κ2) is 9.10. The second-order valence-corrected chi connectivity index (χ2v) is 9.82. The first-order chi connectivity index (χ1) is 19.8. The van der Waals surface area contributed by atoms with Gasteiger partial charge in [0.25, 0.3) is 0 Å². The van der Waals surface area contributed by atoms with E-state index in [4.69, 9.17) is 24.9 Å². The van der Waals surface area contributed by atoms with E-state index < -0.39 is 0 Å². The highest BCUT2D eigenvalue weighted by Crippen LogP contribution is 2.31. The van der Waals surface area contributed by atoms with E-state index in [9.17, 15) is 0 Å². The Morgan fingerprint density at radius 2 is 1.38 bits per heavy atom. The van der Waals surface area contributed by atoms with E-state index in [1.54, 1.807) is 0 Å². The lowest BCUT2D eigenvalue weighted by Gasteiger charge is -2.13. The zero-order valence-electron chi connectivity index (χ0n) is 21.5. The number of pyridine rings is 1. The summed E-state index contributed by atoms with van der Waals surface area (Å²) in [6.07, 6.45) is 10.2. The molecular weight excluding hydrogens is 494 g/mol. The number of fused-ring (bicyclic) bond motifs is 4. The molecule has 0 N–H and O–H groups in total. The average Bonchev–Trinajstić information content (AvgIpc) is 3.58. The van der Waals surface area contributed by atoms with Crippen LogP contribution in [0.2, 0.25) is 0 Å². The molecule has 0 fully saturated rings. The van der Waals surface area contributed by atoms with Gasteiger partial charge in [0.15, 0.2) is 11.6 Å². The van der Waals surface area contributed by atoms with Gasteiger partial charge in [0.05, 0.1) is 16.6 Å². The Labute approximate surface area is 229 Å². The van der Waals surface area contributed by atoms with Gasteiger partial charge in [-0.1, -0.05) is 91.0 Å². The van der Waals surface area contributed by atoms with Crippen molar-refractivity contribution in [2.24, 2.45) is 0 Å². The minimum absolute atomic E-state index is 0.529. The number of aromatic nitrogens is 7. The third kappa shape index (κ3) is 3.71. The summed E-state index contributed by atoms with van der Waals surface area (Å²) in [6, 6.07) is 30.4. The van der Waals surface area contributed by atoms with E-state index >= 15 is 0 Å². The first kappa shape index (κ1) is 22.5. The van der Waals surface area contributed by atoms with Crippen molar-refractivity contribution in [3.05, 3.63) is 121 Å². The summed E-state index contributed by atoms with van der Waals surface area (Å²) >= 11 is 0. The second-order valence-electron chi connectivity index (χ2n) is 9.82. The molecule has 0 saturated carbocycles. The zero-order chi connectivity index (χ0) is 26.5.